The quantitative estimate of drug-likeness (QED) is 0.820. The molecule has 0 aromatic heterocycles. The molecule has 1 amide bonds. The van der Waals surface area contributed by atoms with Crippen molar-refractivity contribution in [3.63, 3.8) is 0 Å². The molecule has 1 N–H and O–H groups in total. The number of carbonyl (C=O) groups excluding carboxylic acids is 1. The number of piperazine rings is 1. The predicted molar refractivity (Wildman–Crippen MR) is 71.3 cm³/mol. The summed E-state index contributed by atoms with van der Waals surface area (Å²) in [6.07, 6.45) is 5.65. The van der Waals surface area contributed by atoms with Crippen LogP contribution in [0.1, 0.15) is 39.0 Å². The number of aliphatic hydroxyl groups is 1. The van der Waals surface area contributed by atoms with Gasteiger partial charge in [-0.1, -0.05) is 19.3 Å². The maximum absolute atomic E-state index is 12.3. The Hall–Kier alpha value is -0.610. The van der Waals surface area contributed by atoms with Crippen LogP contribution in [0.25, 0.3) is 0 Å². The Morgan fingerprint density at radius 1 is 1.17 bits per heavy atom. The van der Waals surface area contributed by atoms with Crippen LogP contribution in [0.3, 0.4) is 0 Å². The predicted octanol–water partition coefficient (Wildman–Crippen LogP) is 1.09. The third-order valence-corrected chi connectivity index (χ3v) is 4.16. The summed E-state index contributed by atoms with van der Waals surface area (Å²) in [7, 11) is 0. The number of aliphatic hydroxyl groups excluding tert-OH is 1. The fourth-order valence-corrected chi connectivity index (χ4v) is 3.13. The Morgan fingerprint density at radius 3 is 2.33 bits per heavy atom. The van der Waals surface area contributed by atoms with Gasteiger partial charge in [0, 0.05) is 38.6 Å². The molecule has 0 radical (unpaired) electrons. The molecule has 1 saturated carbocycles. The average Bonchev–Trinajstić information content (AvgIpc) is 2.39. The van der Waals surface area contributed by atoms with Gasteiger partial charge in [0.15, 0.2) is 0 Å². The molecular formula is C14H26N2O2. The average molecular weight is 254 g/mol. The summed E-state index contributed by atoms with van der Waals surface area (Å²) in [5.41, 5.74) is 0. The van der Waals surface area contributed by atoms with Crippen LogP contribution in [-0.2, 0) is 4.79 Å². The van der Waals surface area contributed by atoms with Crippen LogP contribution in [0.15, 0.2) is 0 Å². The highest BCUT2D eigenvalue weighted by Crippen LogP contribution is 2.25. The van der Waals surface area contributed by atoms with Gasteiger partial charge in [-0.15, -0.1) is 0 Å². The van der Waals surface area contributed by atoms with Gasteiger partial charge in [0.05, 0.1) is 6.10 Å². The second-order valence-electron chi connectivity index (χ2n) is 5.81. The molecule has 1 aliphatic carbocycles. The van der Waals surface area contributed by atoms with Crippen LogP contribution in [-0.4, -0.2) is 59.6 Å². The zero-order valence-electron chi connectivity index (χ0n) is 11.5. The third-order valence-electron chi connectivity index (χ3n) is 4.16. The van der Waals surface area contributed by atoms with E-state index in [1.54, 1.807) is 0 Å². The van der Waals surface area contributed by atoms with Crippen molar-refractivity contribution in [2.24, 2.45) is 5.92 Å². The van der Waals surface area contributed by atoms with Crippen molar-refractivity contribution in [2.75, 3.05) is 32.7 Å². The van der Waals surface area contributed by atoms with Crippen LogP contribution < -0.4 is 0 Å². The highest BCUT2D eigenvalue weighted by molar-refractivity contribution is 5.79. The standard InChI is InChI=1S/C14H26N2O2/c1-12(17)11-15-7-9-16(10-8-15)14(18)13-5-3-2-4-6-13/h12-13,17H,2-11H2,1H3. The molecule has 0 bridgehead atoms. The highest BCUT2D eigenvalue weighted by Gasteiger charge is 2.28. The molecule has 2 aliphatic rings. The van der Waals surface area contributed by atoms with Crippen LogP contribution >= 0.6 is 0 Å². The summed E-state index contributed by atoms with van der Waals surface area (Å²) in [5.74, 6) is 0.675. The molecule has 0 spiro atoms. The molecule has 1 saturated heterocycles. The summed E-state index contributed by atoms with van der Waals surface area (Å²) in [6.45, 7) is 6.03. The zero-order valence-corrected chi connectivity index (χ0v) is 11.5. The van der Waals surface area contributed by atoms with E-state index in [0.29, 0.717) is 11.8 Å². The largest absolute Gasteiger partial charge is 0.392 e. The Kier molecular flexibility index (Phi) is 5.01. The van der Waals surface area contributed by atoms with E-state index >= 15 is 0 Å². The minimum absolute atomic E-state index is 0.273. The third kappa shape index (κ3) is 3.69. The summed E-state index contributed by atoms with van der Waals surface area (Å²) in [5, 5.41) is 9.36. The van der Waals surface area contributed by atoms with E-state index < -0.39 is 0 Å². The van der Waals surface area contributed by atoms with E-state index in [-0.39, 0.29) is 6.10 Å². The maximum atomic E-state index is 12.3. The number of nitrogens with zero attached hydrogens (tertiary/aromatic N) is 2. The minimum atomic E-state index is -0.273. The molecule has 1 aliphatic heterocycles. The SMILES string of the molecule is CC(O)CN1CCN(C(=O)C2CCCCC2)CC1. The topological polar surface area (TPSA) is 43.8 Å². The molecule has 2 rings (SSSR count). The van der Waals surface area contributed by atoms with Gasteiger partial charge in [0.1, 0.15) is 0 Å². The fraction of sp³-hybridized carbons (Fsp3) is 0.929. The minimum Gasteiger partial charge on any atom is -0.392 e. The molecule has 4 nitrogen and oxygen atoms in total. The Bertz CT molecular complexity index is 267. The molecule has 2 fully saturated rings. The molecule has 1 heterocycles. The fourth-order valence-electron chi connectivity index (χ4n) is 3.13. The van der Waals surface area contributed by atoms with Crippen molar-refractivity contribution in [2.45, 2.75) is 45.1 Å². The molecule has 18 heavy (non-hydrogen) atoms. The van der Waals surface area contributed by atoms with Crippen molar-refractivity contribution >= 4 is 5.91 Å². The first kappa shape index (κ1) is 13.8. The Morgan fingerprint density at radius 2 is 1.78 bits per heavy atom. The van der Waals surface area contributed by atoms with Gasteiger partial charge < -0.3 is 10.0 Å². The van der Waals surface area contributed by atoms with Crippen LogP contribution in [0, 0.1) is 5.92 Å². The number of hydrogen-bond acceptors (Lipinski definition) is 3. The van der Waals surface area contributed by atoms with E-state index in [4.69, 9.17) is 0 Å². The second kappa shape index (κ2) is 6.53. The Balaban J connectivity index is 1.76. The van der Waals surface area contributed by atoms with Crippen molar-refractivity contribution in [1.82, 2.24) is 9.80 Å². The normalized spacial score (nSPS) is 25.1. The van der Waals surface area contributed by atoms with Gasteiger partial charge in [-0.3, -0.25) is 9.69 Å². The monoisotopic (exact) mass is 254 g/mol. The molecule has 0 aromatic carbocycles. The van der Waals surface area contributed by atoms with Gasteiger partial charge in [-0.2, -0.15) is 0 Å². The number of β-amino-alcohol motifs (C(OH)–C–C–N with tert-alkyl or cyclic N) is 1. The van der Waals surface area contributed by atoms with Gasteiger partial charge in [-0.05, 0) is 19.8 Å². The van der Waals surface area contributed by atoms with E-state index in [1.165, 1.54) is 19.3 Å². The molecule has 1 unspecified atom stereocenters. The van der Waals surface area contributed by atoms with Crippen molar-refractivity contribution in [3.05, 3.63) is 0 Å². The number of rotatable bonds is 3. The zero-order chi connectivity index (χ0) is 13.0. The molecule has 1 atom stereocenters. The van der Waals surface area contributed by atoms with Gasteiger partial charge >= 0.3 is 0 Å². The lowest BCUT2D eigenvalue weighted by Gasteiger charge is -2.37. The maximum Gasteiger partial charge on any atom is 0.225 e. The first-order valence-electron chi connectivity index (χ1n) is 7.36. The summed E-state index contributed by atoms with van der Waals surface area (Å²) < 4.78 is 0. The first-order chi connectivity index (χ1) is 8.66. The lowest BCUT2D eigenvalue weighted by Crippen LogP contribution is -2.51. The molecule has 104 valence electrons. The lowest BCUT2D eigenvalue weighted by atomic mass is 9.88. The lowest BCUT2D eigenvalue weighted by molar-refractivity contribution is -0.138. The number of carbonyl (C=O) groups is 1. The van der Waals surface area contributed by atoms with Crippen molar-refractivity contribution in [3.8, 4) is 0 Å². The molecule has 4 heteroatoms. The highest BCUT2D eigenvalue weighted by atomic mass is 16.3. The smallest absolute Gasteiger partial charge is 0.225 e. The second-order valence-corrected chi connectivity index (χ2v) is 5.81. The number of hydrogen-bond donors (Lipinski definition) is 1. The first-order valence-corrected chi connectivity index (χ1v) is 7.36. The summed E-state index contributed by atoms with van der Waals surface area (Å²) in [4.78, 5) is 16.6. The van der Waals surface area contributed by atoms with Gasteiger partial charge in [0.25, 0.3) is 0 Å². The van der Waals surface area contributed by atoms with Gasteiger partial charge in [-0.25, -0.2) is 0 Å². The van der Waals surface area contributed by atoms with Crippen molar-refractivity contribution < 1.29 is 9.90 Å². The molecular weight excluding hydrogens is 228 g/mol. The number of amides is 1. The van der Waals surface area contributed by atoms with E-state index in [1.807, 2.05) is 11.8 Å². The van der Waals surface area contributed by atoms with Gasteiger partial charge in [0.2, 0.25) is 5.91 Å². The van der Waals surface area contributed by atoms with Crippen LogP contribution in [0.5, 0.6) is 0 Å². The van der Waals surface area contributed by atoms with E-state index in [0.717, 1.165) is 45.6 Å². The summed E-state index contributed by atoms with van der Waals surface area (Å²) >= 11 is 0. The van der Waals surface area contributed by atoms with Crippen LogP contribution in [0.4, 0.5) is 0 Å². The van der Waals surface area contributed by atoms with Crippen LogP contribution in [0.2, 0.25) is 0 Å². The van der Waals surface area contributed by atoms with E-state index in [9.17, 15) is 9.90 Å². The molecule has 0 aromatic rings. The van der Waals surface area contributed by atoms with Crippen molar-refractivity contribution in [1.29, 1.82) is 0 Å². The summed E-state index contributed by atoms with van der Waals surface area (Å²) in [6, 6.07) is 0. The Labute approximate surface area is 110 Å². The van der Waals surface area contributed by atoms with E-state index in [2.05, 4.69) is 4.90 Å².